The molecule has 1 atom stereocenters. The van der Waals surface area contributed by atoms with Gasteiger partial charge >= 0.3 is 5.97 Å². The predicted molar refractivity (Wildman–Crippen MR) is 38.9 cm³/mol. The third-order valence-electron chi connectivity index (χ3n) is 1.10. The van der Waals surface area contributed by atoms with Crippen molar-refractivity contribution in [3.8, 4) is 0 Å². The van der Waals surface area contributed by atoms with Crippen LogP contribution in [0.4, 0.5) is 0 Å². The number of methoxy groups -OCH3 is 1. The molecule has 0 aliphatic carbocycles. The Morgan fingerprint density at radius 2 is 2.00 bits per heavy atom. The molecule has 1 unspecified atom stereocenters. The van der Waals surface area contributed by atoms with E-state index in [2.05, 4.69) is 9.47 Å². The van der Waals surface area contributed by atoms with E-state index in [1.807, 2.05) is 0 Å². The smallest absolute Gasteiger partial charge is 0.339 e. The average Bonchev–Trinajstić information content (AvgIpc) is 1.85. The molecule has 0 aromatic heterocycles. The number of ether oxygens (including phenoxy) is 2. The molecule has 1 N–H and O–H groups in total. The van der Waals surface area contributed by atoms with Crippen LogP contribution in [0.1, 0.15) is 20.8 Å². The van der Waals surface area contributed by atoms with E-state index in [-0.39, 0.29) is 0 Å². The van der Waals surface area contributed by atoms with Crippen LogP contribution in [-0.2, 0) is 14.3 Å². The number of carbonyl (C=O) groups is 1. The minimum atomic E-state index is -1.45. The van der Waals surface area contributed by atoms with Crippen LogP contribution in [0.2, 0.25) is 0 Å². The molecule has 0 aromatic rings. The van der Waals surface area contributed by atoms with Crippen molar-refractivity contribution in [3.63, 3.8) is 0 Å². The molecule has 0 heterocycles. The molecule has 0 amide bonds. The molecule has 11 heavy (non-hydrogen) atoms. The maximum Gasteiger partial charge on any atom is 0.339 e. The zero-order chi connectivity index (χ0) is 9.07. The second-order valence-corrected chi connectivity index (χ2v) is 2.77. The molecule has 0 aliphatic rings. The van der Waals surface area contributed by atoms with Gasteiger partial charge in [-0.25, -0.2) is 4.79 Å². The number of carbonyl (C=O) groups excluding carboxylic acids is 1. The van der Waals surface area contributed by atoms with Gasteiger partial charge in [-0.05, 0) is 20.8 Å². The van der Waals surface area contributed by atoms with Crippen molar-refractivity contribution in [1.82, 2.24) is 0 Å². The number of rotatable bonds is 3. The van der Waals surface area contributed by atoms with Gasteiger partial charge in [0.1, 0.15) is 0 Å². The van der Waals surface area contributed by atoms with Crippen LogP contribution in [0.3, 0.4) is 0 Å². The lowest BCUT2D eigenvalue weighted by molar-refractivity contribution is -0.187. The lowest BCUT2D eigenvalue weighted by atomic mass is 10.1. The Kier molecular flexibility index (Phi) is 3.48. The van der Waals surface area contributed by atoms with Crippen LogP contribution >= 0.6 is 0 Å². The fourth-order valence-corrected chi connectivity index (χ4v) is 0.343. The van der Waals surface area contributed by atoms with Crippen LogP contribution < -0.4 is 0 Å². The van der Waals surface area contributed by atoms with Crippen molar-refractivity contribution in [2.45, 2.75) is 32.7 Å². The summed E-state index contributed by atoms with van der Waals surface area (Å²) in [5.74, 6) is -0.688. The fraction of sp³-hybridized carbons (Fsp3) is 0.857. The van der Waals surface area contributed by atoms with Gasteiger partial charge in [0.25, 0.3) is 0 Å². The van der Waals surface area contributed by atoms with Crippen LogP contribution in [0, 0.1) is 0 Å². The summed E-state index contributed by atoms with van der Waals surface area (Å²) in [6.07, 6.45) is -0.617. The summed E-state index contributed by atoms with van der Waals surface area (Å²) < 4.78 is 9.31. The van der Waals surface area contributed by atoms with Crippen molar-refractivity contribution >= 4 is 5.97 Å². The maximum absolute atomic E-state index is 10.9. The van der Waals surface area contributed by atoms with Crippen molar-refractivity contribution in [1.29, 1.82) is 0 Å². The first-order chi connectivity index (χ1) is 4.88. The Bertz CT molecular complexity index is 136. The normalized spacial score (nSPS) is 14.3. The first-order valence-electron chi connectivity index (χ1n) is 3.34. The highest BCUT2D eigenvalue weighted by Gasteiger charge is 2.27. The van der Waals surface area contributed by atoms with Crippen molar-refractivity contribution in [2.24, 2.45) is 0 Å². The highest BCUT2D eigenvalue weighted by atomic mass is 16.7. The molecule has 4 heteroatoms. The quantitative estimate of drug-likeness (QED) is 0.478. The van der Waals surface area contributed by atoms with E-state index in [0.29, 0.717) is 0 Å². The van der Waals surface area contributed by atoms with Gasteiger partial charge in [0.15, 0.2) is 11.9 Å². The monoisotopic (exact) mass is 162 g/mol. The summed E-state index contributed by atoms with van der Waals surface area (Å²) in [7, 11) is 1.42. The number of esters is 1. The van der Waals surface area contributed by atoms with Gasteiger partial charge in [0, 0.05) is 7.11 Å². The Hall–Kier alpha value is -0.610. The predicted octanol–water partition coefficient (Wildman–Crippen LogP) is 0.293. The summed E-state index contributed by atoms with van der Waals surface area (Å²) in [4.78, 5) is 10.9. The number of aliphatic hydroxyl groups is 1. The Morgan fingerprint density at radius 3 is 2.27 bits per heavy atom. The van der Waals surface area contributed by atoms with E-state index in [0.717, 1.165) is 0 Å². The molecule has 0 rings (SSSR count). The average molecular weight is 162 g/mol. The molecule has 0 fully saturated rings. The molecule has 0 aromatic carbocycles. The van der Waals surface area contributed by atoms with Crippen molar-refractivity contribution < 1.29 is 19.4 Å². The van der Waals surface area contributed by atoms with Gasteiger partial charge < -0.3 is 14.6 Å². The molecule has 4 nitrogen and oxygen atoms in total. The minimum absolute atomic E-state index is 0.617. The second-order valence-electron chi connectivity index (χ2n) is 2.77. The number of hydrogen-bond acceptors (Lipinski definition) is 4. The first kappa shape index (κ1) is 10.4. The van der Waals surface area contributed by atoms with E-state index in [1.54, 1.807) is 6.92 Å². The standard InChI is InChI=1S/C7H14O4/c1-5(10-4)11-6(8)7(2,3)9/h5,9H,1-4H3. The highest BCUT2D eigenvalue weighted by molar-refractivity contribution is 5.78. The molecule has 0 bridgehead atoms. The van der Waals surface area contributed by atoms with Crippen LogP contribution in [-0.4, -0.2) is 30.1 Å². The SMILES string of the molecule is COC(C)OC(=O)C(C)(C)O. The number of hydrogen-bond donors (Lipinski definition) is 1. The third kappa shape index (κ3) is 3.95. The Balaban J connectivity index is 3.88. The summed E-state index contributed by atoms with van der Waals surface area (Å²) in [5, 5.41) is 9.10. The topological polar surface area (TPSA) is 55.8 Å². The largest absolute Gasteiger partial charge is 0.434 e. The Morgan fingerprint density at radius 1 is 1.55 bits per heavy atom. The molecule has 0 aliphatic heterocycles. The van der Waals surface area contributed by atoms with Crippen LogP contribution in [0.25, 0.3) is 0 Å². The molecular weight excluding hydrogens is 148 g/mol. The molecule has 0 radical (unpaired) electrons. The van der Waals surface area contributed by atoms with E-state index >= 15 is 0 Å². The first-order valence-corrected chi connectivity index (χ1v) is 3.34. The zero-order valence-electron chi connectivity index (χ0n) is 7.25. The third-order valence-corrected chi connectivity index (χ3v) is 1.10. The van der Waals surface area contributed by atoms with E-state index in [9.17, 15) is 4.79 Å². The van der Waals surface area contributed by atoms with Gasteiger partial charge in [-0.3, -0.25) is 0 Å². The fourth-order valence-electron chi connectivity index (χ4n) is 0.343. The lowest BCUT2D eigenvalue weighted by Gasteiger charge is -2.18. The highest BCUT2D eigenvalue weighted by Crippen LogP contribution is 2.05. The van der Waals surface area contributed by atoms with Gasteiger partial charge in [-0.1, -0.05) is 0 Å². The molecule has 66 valence electrons. The van der Waals surface area contributed by atoms with Crippen LogP contribution in [0.15, 0.2) is 0 Å². The molecule has 0 saturated carbocycles. The molecular formula is C7H14O4. The second kappa shape index (κ2) is 3.69. The van der Waals surface area contributed by atoms with E-state index in [4.69, 9.17) is 5.11 Å². The van der Waals surface area contributed by atoms with Crippen molar-refractivity contribution in [3.05, 3.63) is 0 Å². The maximum atomic E-state index is 10.9. The molecule has 0 spiro atoms. The zero-order valence-corrected chi connectivity index (χ0v) is 7.25. The summed E-state index contributed by atoms with van der Waals surface area (Å²) >= 11 is 0. The summed E-state index contributed by atoms with van der Waals surface area (Å²) in [6, 6.07) is 0. The molecule has 0 saturated heterocycles. The Labute approximate surface area is 66.1 Å². The van der Waals surface area contributed by atoms with Crippen molar-refractivity contribution in [2.75, 3.05) is 7.11 Å². The summed E-state index contributed by atoms with van der Waals surface area (Å²) in [5.41, 5.74) is -1.45. The van der Waals surface area contributed by atoms with E-state index < -0.39 is 17.9 Å². The van der Waals surface area contributed by atoms with Gasteiger partial charge in [0.2, 0.25) is 0 Å². The van der Waals surface area contributed by atoms with Crippen LogP contribution in [0.5, 0.6) is 0 Å². The van der Waals surface area contributed by atoms with Gasteiger partial charge in [0.05, 0.1) is 0 Å². The van der Waals surface area contributed by atoms with Gasteiger partial charge in [-0.2, -0.15) is 0 Å². The van der Waals surface area contributed by atoms with E-state index in [1.165, 1.54) is 21.0 Å². The minimum Gasteiger partial charge on any atom is -0.434 e. The summed E-state index contributed by atoms with van der Waals surface area (Å²) in [6.45, 7) is 4.29. The lowest BCUT2D eigenvalue weighted by Crippen LogP contribution is -2.35. The van der Waals surface area contributed by atoms with Gasteiger partial charge in [-0.15, -0.1) is 0 Å².